The first-order chi connectivity index (χ1) is 9.38. The lowest BCUT2D eigenvalue weighted by atomic mass is 10.2. The maximum absolute atomic E-state index is 5.67. The molecule has 2 aromatic rings. The summed E-state index contributed by atoms with van der Waals surface area (Å²) in [5.41, 5.74) is 1.13. The molecule has 19 heavy (non-hydrogen) atoms. The number of ether oxygens (including phenoxy) is 3. The molecule has 3 heteroatoms. The normalized spacial score (nSPS) is 10.2. The quantitative estimate of drug-likeness (QED) is 0.713. The van der Waals surface area contributed by atoms with Gasteiger partial charge in [-0.2, -0.15) is 0 Å². The minimum absolute atomic E-state index is 0.526. The third kappa shape index (κ3) is 4.64. The summed E-state index contributed by atoms with van der Waals surface area (Å²) >= 11 is 0. The molecule has 1 radical (unpaired) electrons. The Kier molecular flexibility index (Phi) is 5.26. The van der Waals surface area contributed by atoms with Crippen LogP contribution in [0, 0.1) is 6.07 Å². The Hall–Kier alpha value is -2.00. The molecule has 0 unspecified atom stereocenters. The molecule has 0 aliphatic rings. The third-order valence-electron chi connectivity index (χ3n) is 2.54. The van der Waals surface area contributed by atoms with Crippen LogP contribution in [0.3, 0.4) is 0 Å². The van der Waals surface area contributed by atoms with Gasteiger partial charge in [-0.1, -0.05) is 30.3 Å². The second-order valence-corrected chi connectivity index (χ2v) is 4.00. The Labute approximate surface area is 113 Å². The number of rotatable bonds is 7. The molecule has 2 aromatic carbocycles. The van der Waals surface area contributed by atoms with Gasteiger partial charge in [0.05, 0.1) is 6.61 Å². The average Bonchev–Trinajstić information content (AvgIpc) is 2.47. The molecule has 0 aromatic heterocycles. The number of benzene rings is 2. The van der Waals surface area contributed by atoms with E-state index in [0.29, 0.717) is 25.6 Å². The molecule has 0 bridgehead atoms. The topological polar surface area (TPSA) is 27.7 Å². The summed E-state index contributed by atoms with van der Waals surface area (Å²) in [7, 11) is 1.65. The Balaban J connectivity index is 1.88. The van der Waals surface area contributed by atoms with E-state index in [1.165, 1.54) is 0 Å². The highest BCUT2D eigenvalue weighted by Crippen LogP contribution is 2.19. The van der Waals surface area contributed by atoms with E-state index >= 15 is 0 Å². The van der Waals surface area contributed by atoms with Crippen molar-refractivity contribution in [3.05, 3.63) is 60.2 Å². The van der Waals surface area contributed by atoms with E-state index in [0.717, 1.165) is 11.3 Å². The van der Waals surface area contributed by atoms with Crippen LogP contribution < -0.4 is 9.47 Å². The van der Waals surface area contributed by atoms with Crippen LogP contribution in [-0.4, -0.2) is 20.3 Å². The first-order valence-electron chi connectivity index (χ1n) is 6.18. The lowest BCUT2D eigenvalue weighted by Crippen LogP contribution is -2.04. The second-order valence-electron chi connectivity index (χ2n) is 4.00. The van der Waals surface area contributed by atoms with Gasteiger partial charge < -0.3 is 14.2 Å². The van der Waals surface area contributed by atoms with Crippen LogP contribution in [-0.2, 0) is 11.3 Å². The summed E-state index contributed by atoms with van der Waals surface area (Å²) < 4.78 is 16.1. The van der Waals surface area contributed by atoms with Gasteiger partial charge in [0.25, 0.3) is 0 Å². The number of hydrogen-bond acceptors (Lipinski definition) is 3. The van der Waals surface area contributed by atoms with Gasteiger partial charge in [-0.3, -0.25) is 0 Å². The lowest BCUT2D eigenvalue weighted by Gasteiger charge is -2.09. The van der Waals surface area contributed by atoms with Crippen molar-refractivity contribution in [3.8, 4) is 11.5 Å². The fourth-order valence-corrected chi connectivity index (χ4v) is 1.58. The van der Waals surface area contributed by atoms with Gasteiger partial charge in [-0.15, -0.1) is 0 Å². The predicted octanol–water partition coefficient (Wildman–Crippen LogP) is 3.09. The minimum atomic E-state index is 0.526. The van der Waals surface area contributed by atoms with Crippen molar-refractivity contribution in [2.75, 3.05) is 20.3 Å². The second kappa shape index (κ2) is 7.44. The fraction of sp³-hybridized carbons (Fsp3) is 0.250. The molecule has 0 saturated heterocycles. The van der Waals surface area contributed by atoms with Crippen LogP contribution in [0.15, 0.2) is 48.5 Å². The summed E-state index contributed by atoms with van der Waals surface area (Å²) in [5.74, 6) is 1.44. The van der Waals surface area contributed by atoms with Crippen molar-refractivity contribution in [2.24, 2.45) is 0 Å². The van der Waals surface area contributed by atoms with Gasteiger partial charge in [0.1, 0.15) is 24.7 Å². The van der Waals surface area contributed by atoms with Gasteiger partial charge in [-0.05, 0) is 17.7 Å². The maximum Gasteiger partial charge on any atom is 0.131 e. The Morgan fingerprint density at radius 2 is 1.84 bits per heavy atom. The van der Waals surface area contributed by atoms with E-state index in [9.17, 15) is 0 Å². The summed E-state index contributed by atoms with van der Waals surface area (Å²) in [6.45, 7) is 1.62. The van der Waals surface area contributed by atoms with Crippen LogP contribution in [0.4, 0.5) is 0 Å². The van der Waals surface area contributed by atoms with Crippen LogP contribution in [0.1, 0.15) is 5.56 Å². The van der Waals surface area contributed by atoms with Crippen LogP contribution in [0.2, 0.25) is 0 Å². The molecule has 0 aliphatic carbocycles. The molecule has 2 rings (SSSR count). The van der Waals surface area contributed by atoms with Crippen LogP contribution in [0.5, 0.6) is 11.5 Å². The molecule has 0 spiro atoms. The van der Waals surface area contributed by atoms with Crippen LogP contribution in [0.25, 0.3) is 0 Å². The summed E-state index contributed by atoms with van der Waals surface area (Å²) in [4.78, 5) is 0. The van der Waals surface area contributed by atoms with Gasteiger partial charge in [0.15, 0.2) is 0 Å². The van der Waals surface area contributed by atoms with Crippen molar-refractivity contribution in [3.63, 3.8) is 0 Å². The largest absolute Gasteiger partial charge is 0.491 e. The minimum Gasteiger partial charge on any atom is -0.491 e. The molecule has 0 atom stereocenters. The van der Waals surface area contributed by atoms with E-state index in [1.54, 1.807) is 13.2 Å². The number of methoxy groups -OCH3 is 1. The van der Waals surface area contributed by atoms with Gasteiger partial charge >= 0.3 is 0 Å². The van der Waals surface area contributed by atoms with E-state index in [2.05, 4.69) is 6.07 Å². The molecule has 0 heterocycles. The SMILES string of the molecule is COCCOc1cc[c]c(OCc2ccccc2)c1. The van der Waals surface area contributed by atoms with Gasteiger partial charge in [0.2, 0.25) is 0 Å². The molecule has 0 aliphatic heterocycles. The first-order valence-corrected chi connectivity index (χ1v) is 6.18. The van der Waals surface area contributed by atoms with Gasteiger partial charge in [-0.25, -0.2) is 0 Å². The Morgan fingerprint density at radius 3 is 2.63 bits per heavy atom. The zero-order valence-electron chi connectivity index (χ0n) is 11.0. The van der Waals surface area contributed by atoms with Crippen molar-refractivity contribution in [1.29, 1.82) is 0 Å². The first kappa shape index (κ1) is 13.4. The highest BCUT2D eigenvalue weighted by molar-refractivity contribution is 5.32. The molecule has 3 nitrogen and oxygen atoms in total. The summed E-state index contributed by atoms with van der Waals surface area (Å²) in [6.07, 6.45) is 0. The molecule has 0 amide bonds. The van der Waals surface area contributed by atoms with E-state index in [1.807, 2.05) is 42.5 Å². The molecule has 0 N–H and O–H groups in total. The molecule has 99 valence electrons. The monoisotopic (exact) mass is 257 g/mol. The maximum atomic E-state index is 5.67. The highest BCUT2D eigenvalue weighted by atomic mass is 16.5. The zero-order chi connectivity index (χ0) is 13.3. The molecule has 0 saturated carbocycles. The van der Waals surface area contributed by atoms with E-state index in [4.69, 9.17) is 14.2 Å². The van der Waals surface area contributed by atoms with E-state index < -0.39 is 0 Å². The van der Waals surface area contributed by atoms with Gasteiger partial charge in [0, 0.05) is 19.2 Å². The predicted molar refractivity (Wildman–Crippen MR) is 73.4 cm³/mol. The Bertz CT molecular complexity index is 482. The third-order valence-corrected chi connectivity index (χ3v) is 2.54. The smallest absolute Gasteiger partial charge is 0.131 e. The van der Waals surface area contributed by atoms with Crippen molar-refractivity contribution >= 4 is 0 Å². The standard InChI is InChI=1S/C16H17O3/c1-17-10-11-18-15-8-5-9-16(12-15)19-13-14-6-3-2-4-7-14/h2-8,12H,10-11,13H2,1H3. The van der Waals surface area contributed by atoms with Crippen molar-refractivity contribution in [2.45, 2.75) is 6.61 Å². The Morgan fingerprint density at radius 1 is 1.00 bits per heavy atom. The van der Waals surface area contributed by atoms with Crippen LogP contribution >= 0.6 is 0 Å². The van der Waals surface area contributed by atoms with Crippen molar-refractivity contribution in [1.82, 2.24) is 0 Å². The fourth-order valence-electron chi connectivity index (χ4n) is 1.58. The molecule has 0 fully saturated rings. The molecular weight excluding hydrogens is 240 g/mol. The summed E-state index contributed by atoms with van der Waals surface area (Å²) in [5, 5.41) is 0. The lowest BCUT2D eigenvalue weighted by molar-refractivity contribution is 0.146. The van der Waals surface area contributed by atoms with E-state index in [-0.39, 0.29) is 0 Å². The number of hydrogen-bond donors (Lipinski definition) is 0. The zero-order valence-corrected chi connectivity index (χ0v) is 11.0. The summed E-state index contributed by atoms with van der Waals surface area (Å²) in [6, 6.07) is 18.5. The molecular formula is C16H17O3. The van der Waals surface area contributed by atoms with Crippen molar-refractivity contribution < 1.29 is 14.2 Å². The average molecular weight is 257 g/mol. The highest BCUT2D eigenvalue weighted by Gasteiger charge is 1.99.